The van der Waals surface area contributed by atoms with Crippen molar-refractivity contribution in [2.75, 3.05) is 46.6 Å². The van der Waals surface area contributed by atoms with E-state index in [1.54, 1.807) is 12.3 Å². The van der Waals surface area contributed by atoms with Gasteiger partial charge in [0, 0.05) is 48.4 Å². The monoisotopic (exact) mass is 733 g/mol. The lowest BCUT2D eigenvalue weighted by atomic mass is 9.67. The van der Waals surface area contributed by atoms with Crippen LogP contribution in [0.1, 0.15) is 26.7 Å². The summed E-state index contributed by atoms with van der Waals surface area (Å²) < 4.78 is 96.8. The lowest BCUT2D eigenvalue weighted by Gasteiger charge is -2.53. The summed E-state index contributed by atoms with van der Waals surface area (Å²) in [7, 11) is -5.75. The third kappa shape index (κ3) is 6.37. The second-order valence-corrected chi connectivity index (χ2v) is 18.0. The van der Waals surface area contributed by atoms with Crippen molar-refractivity contribution in [1.82, 2.24) is 19.9 Å². The first-order valence-electron chi connectivity index (χ1n) is 15.7. The molecule has 1 spiro atoms. The Morgan fingerprint density at radius 2 is 1.61 bits per heavy atom. The Kier molecular flexibility index (Phi) is 8.39. The van der Waals surface area contributed by atoms with E-state index >= 15 is 4.39 Å². The summed E-state index contributed by atoms with van der Waals surface area (Å²) in [5, 5.41) is 3.92. The molecule has 0 unspecified atom stereocenters. The third-order valence-electron chi connectivity index (χ3n) is 9.26. The van der Waals surface area contributed by atoms with Crippen molar-refractivity contribution >= 4 is 48.0 Å². The normalized spacial score (nSPS) is 22.0. The number of halogens is 3. The second-order valence-electron chi connectivity index (χ2n) is 13.4. The maximum atomic E-state index is 16.4. The molecule has 260 valence electrons. The molecule has 17 heteroatoms. The van der Waals surface area contributed by atoms with Gasteiger partial charge in [0.25, 0.3) is 10.0 Å². The Hall–Kier alpha value is -3.80. The van der Waals surface area contributed by atoms with Gasteiger partial charge in [-0.25, -0.2) is 45.0 Å². The van der Waals surface area contributed by atoms with Crippen molar-refractivity contribution in [2.24, 2.45) is 5.41 Å². The molecule has 0 amide bonds. The highest BCUT2D eigenvalue weighted by atomic mass is 32.2. The van der Waals surface area contributed by atoms with Gasteiger partial charge in [-0.3, -0.25) is 4.72 Å². The molecule has 4 heterocycles. The van der Waals surface area contributed by atoms with Gasteiger partial charge in [-0.05, 0) is 64.1 Å². The van der Waals surface area contributed by atoms with E-state index in [0.29, 0.717) is 34.5 Å². The van der Waals surface area contributed by atoms with Crippen LogP contribution < -0.4 is 14.9 Å². The minimum absolute atomic E-state index is 0.00992. The van der Waals surface area contributed by atoms with E-state index in [9.17, 15) is 25.6 Å². The van der Waals surface area contributed by atoms with E-state index < -0.39 is 47.9 Å². The average Bonchev–Trinajstić information content (AvgIpc) is 3.40. The molecule has 0 bridgehead atoms. The highest BCUT2D eigenvalue weighted by molar-refractivity contribution is 7.93. The van der Waals surface area contributed by atoms with Crippen molar-refractivity contribution in [3.63, 3.8) is 0 Å². The van der Waals surface area contributed by atoms with Crippen LogP contribution >= 0.6 is 11.3 Å². The first kappa shape index (κ1) is 33.7. The molecule has 1 saturated carbocycles. The average molecular weight is 734 g/mol. The van der Waals surface area contributed by atoms with E-state index in [4.69, 9.17) is 9.97 Å². The van der Waals surface area contributed by atoms with Crippen LogP contribution in [0.25, 0.3) is 21.8 Å². The molecule has 4 aromatic rings. The molecule has 1 aliphatic carbocycles. The van der Waals surface area contributed by atoms with Crippen molar-refractivity contribution in [1.29, 1.82) is 0 Å². The first-order valence-corrected chi connectivity index (χ1v) is 19.8. The van der Waals surface area contributed by atoms with Gasteiger partial charge in [0.15, 0.2) is 25.7 Å². The van der Waals surface area contributed by atoms with Gasteiger partial charge in [-0.2, -0.15) is 0 Å². The van der Waals surface area contributed by atoms with E-state index in [-0.39, 0.29) is 46.3 Å². The summed E-state index contributed by atoms with van der Waals surface area (Å²) in [6, 6.07) is 8.52. The SMILES string of the molecule is C[C@@H]1CN(C)C[C@@H](C)N1c1nc(-c2cccc(NS(=O)(=O)c3c(F)cccc3F)c2F)c(-c2ccnc(NC3CC4(C3)CS(=O)(=O)C4)n2)s1. The number of aromatic nitrogens is 3. The van der Waals surface area contributed by atoms with E-state index in [1.165, 1.54) is 23.5 Å². The van der Waals surface area contributed by atoms with Crippen LogP contribution in [-0.4, -0.2) is 86.5 Å². The minimum Gasteiger partial charge on any atom is -0.351 e. The van der Waals surface area contributed by atoms with Gasteiger partial charge < -0.3 is 15.1 Å². The topological polar surface area (TPSA) is 137 Å². The van der Waals surface area contributed by atoms with Crippen LogP contribution in [-0.2, 0) is 19.9 Å². The van der Waals surface area contributed by atoms with Crippen molar-refractivity contribution in [3.05, 3.63) is 66.1 Å². The molecule has 49 heavy (non-hydrogen) atoms. The number of hydrogen-bond donors (Lipinski definition) is 2. The van der Waals surface area contributed by atoms with E-state index in [0.717, 1.165) is 37.4 Å². The van der Waals surface area contributed by atoms with Gasteiger partial charge in [0.05, 0.1) is 33.5 Å². The van der Waals surface area contributed by atoms with Crippen molar-refractivity contribution in [2.45, 2.75) is 49.7 Å². The maximum Gasteiger partial charge on any atom is 0.267 e. The fourth-order valence-electron chi connectivity index (χ4n) is 7.42. The summed E-state index contributed by atoms with van der Waals surface area (Å²) in [4.78, 5) is 17.7. The van der Waals surface area contributed by atoms with Gasteiger partial charge in [0.1, 0.15) is 11.6 Å². The highest BCUT2D eigenvalue weighted by Gasteiger charge is 2.56. The summed E-state index contributed by atoms with van der Waals surface area (Å²) in [6.07, 6.45) is 2.96. The smallest absolute Gasteiger partial charge is 0.267 e. The number of sulfone groups is 1. The lowest BCUT2D eigenvalue weighted by molar-refractivity contribution is 0.153. The quantitative estimate of drug-likeness (QED) is 0.255. The number of likely N-dealkylation sites (N-methyl/N-ethyl adjacent to an activating group) is 1. The number of sulfonamides is 1. The Bertz CT molecular complexity index is 2110. The summed E-state index contributed by atoms with van der Waals surface area (Å²) in [5.41, 5.74) is -0.0674. The third-order valence-corrected chi connectivity index (χ3v) is 13.9. The molecular weight excluding hydrogens is 700 g/mol. The predicted octanol–water partition coefficient (Wildman–Crippen LogP) is 5.00. The second kappa shape index (κ2) is 12.2. The molecule has 2 aromatic carbocycles. The Morgan fingerprint density at radius 3 is 2.27 bits per heavy atom. The zero-order valence-electron chi connectivity index (χ0n) is 26.8. The maximum absolute atomic E-state index is 16.4. The van der Waals surface area contributed by atoms with Crippen LogP contribution in [0, 0.1) is 22.9 Å². The zero-order chi connectivity index (χ0) is 34.9. The molecule has 3 aliphatic rings. The van der Waals surface area contributed by atoms with E-state index in [2.05, 4.69) is 33.9 Å². The minimum atomic E-state index is -4.85. The molecular formula is C32H34F3N7O4S3. The first-order chi connectivity index (χ1) is 23.1. The van der Waals surface area contributed by atoms with Gasteiger partial charge in [-0.15, -0.1) is 0 Å². The van der Waals surface area contributed by atoms with Crippen LogP contribution in [0.2, 0.25) is 0 Å². The molecule has 2 aliphatic heterocycles. The van der Waals surface area contributed by atoms with Crippen LogP contribution in [0.5, 0.6) is 0 Å². The molecule has 7 rings (SSSR count). The number of nitrogens with zero attached hydrogens (tertiary/aromatic N) is 5. The Morgan fingerprint density at radius 1 is 0.959 bits per heavy atom. The number of thiazole rings is 1. The van der Waals surface area contributed by atoms with Crippen LogP contribution in [0.4, 0.5) is 29.9 Å². The summed E-state index contributed by atoms with van der Waals surface area (Å²) in [6.45, 7) is 5.71. The van der Waals surface area contributed by atoms with Crippen molar-refractivity contribution in [3.8, 4) is 21.8 Å². The molecule has 0 radical (unpaired) electrons. The summed E-state index contributed by atoms with van der Waals surface area (Å²) >= 11 is 1.32. The zero-order valence-corrected chi connectivity index (χ0v) is 29.3. The largest absolute Gasteiger partial charge is 0.351 e. The molecule has 2 saturated heterocycles. The van der Waals surface area contributed by atoms with Gasteiger partial charge in [0.2, 0.25) is 5.95 Å². The number of hydrogen-bond acceptors (Lipinski definition) is 11. The van der Waals surface area contributed by atoms with Gasteiger partial charge in [-0.1, -0.05) is 23.5 Å². The number of benzene rings is 2. The van der Waals surface area contributed by atoms with E-state index in [1.807, 2.05) is 11.8 Å². The fourth-order valence-corrected chi connectivity index (χ4v) is 12.1. The molecule has 2 N–H and O–H groups in total. The van der Waals surface area contributed by atoms with Crippen molar-refractivity contribution < 1.29 is 30.0 Å². The number of anilines is 3. The summed E-state index contributed by atoms with van der Waals surface area (Å²) in [5.74, 6) is -2.88. The Labute approximate surface area is 286 Å². The number of nitrogens with one attached hydrogen (secondary N) is 2. The molecule has 2 aromatic heterocycles. The molecule has 3 fully saturated rings. The lowest BCUT2D eigenvalue weighted by Crippen LogP contribution is -2.60. The Balaban J connectivity index is 1.25. The molecule has 11 nitrogen and oxygen atoms in total. The standard InChI is InChI=1S/C32H34F3N7O4S3/c1-18-14-41(3)15-19(2)42(18)31-39-27(21-6-4-9-24(26(21)35)40-49(45,46)29-22(33)7-5-8-23(29)34)28(47-31)25-10-11-36-30(38-25)37-20-12-32(13-20)16-48(43,44)17-32/h4-11,18-20,40H,12-17H2,1-3H3,(H,36,37,38)/t18-,19-/m1/s1. The highest BCUT2D eigenvalue weighted by Crippen LogP contribution is 2.51. The van der Waals surface area contributed by atoms with Crippen LogP contribution in [0.15, 0.2) is 53.6 Å². The predicted molar refractivity (Wildman–Crippen MR) is 182 cm³/mol. The fraction of sp³-hybridized carbons (Fsp3) is 0.406. The van der Waals surface area contributed by atoms with Crippen LogP contribution in [0.3, 0.4) is 0 Å². The molecule has 2 atom stereocenters. The number of piperazine rings is 1. The van der Waals surface area contributed by atoms with Gasteiger partial charge >= 0.3 is 0 Å². The number of rotatable bonds is 8.